The SMILES string of the molecule is CC[C@H](C)[C@@H]1NC(=O)[C@H](CC(C)C)N(C)C(=O)C[C@@H](C(=O)N2CCCCC2)N(C)C(=O)[C@H](CC(C)C)N(C)C(=O)C2(CCCC2)NC(=O)[C@@H]2C[C@H](OCc3ccccc3Cl)CN2C(=O)[C@H](CCc2ccc(C(F)(F)F)c(F)c2)NC(=O)CN(C)C(=O)[C@H](CC2CCCCC2)N(C)C(=O)CN(C)C(=O)CN(C)C1=O. The molecular weight excluding hydrogens is 1420 g/mol. The second kappa shape index (κ2) is 39.1. The van der Waals surface area contributed by atoms with Gasteiger partial charge in [-0.2, -0.15) is 13.2 Å². The Balaban J connectivity index is 1.33. The van der Waals surface area contributed by atoms with E-state index in [1.807, 2.05) is 34.6 Å². The molecule has 12 amide bonds. The first kappa shape index (κ1) is 87.3. The molecule has 2 saturated carbocycles. The lowest BCUT2D eigenvalue weighted by Crippen LogP contribution is -2.64. The normalized spacial score (nSPS) is 25.5. The molecular formula is C78H115ClF4N12O13. The third-order valence-corrected chi connectivity index (χ3v) is 22.8. The zero-order valence-electron chi connectivity index (χ0n) is 65.3. The fourth-order valence-electron chi connectivity index (χ4n) is 15.6. The number of benzene rings is 2. The van der Waals surface area contributed by atoms with Crippen LogP contribution in [0.5, 0.6) is 0 Å². The van der Waals surface area contributed by atoms with Crippen molar-refractivity contribution in [1.29, 1.82) is 0 Å². The average molecular weight is 1540 g/mol. The van der Waals surface area contributed by atoms with Gasteiger partial charge in [0.25, 0.3) is 0 Å². The quantitative estimate of drug-likeness (QED) is 0.149. The molecule has 2 aliphatic carbocycles. The lowest BCUT2D eigenvalue weighted by molar-refractivity contribution is -0.155. The summed E-state index contributed by atoms with van der Waals surface area (Å²) in [5.41, 5.74) is -2.65. The van der Waals surface area contributed by atoms with E-state index in [-0.39, 0.29) is 81.4 Å². The summed E-state index contributed by atoms with van der Waals surface area (Å²) in [4.78, 5) is 192. The molecule has 30 heteroatoms. The Kier molecular flexibility index (Phi) is 31.6. The van der Waals surface area contributed by atoms with Crippen molar-refractivity contribution in [3.05, 3.63) is 70.0 Å². The smallest absolute Gasteiger partial charge is 0.372 e. The maximum Gasteiger partial charge on any atom is 0.419 e. The number of carbonyl (C=O) groups is 12. The van der Waals surface area contributed by atoms with Crippen molar-refractivity contribution < 1.29 is 79.8 Å². The number of nitrogens with zero attached hydrogens (tertiary/aromatic N) is 9. The summed E-state index contributed by atoms with van der Waals surface area (Å²) in [6.45, 7) is 9.42. The number of amides is 12. The van der Waals surface area contributed by atoms with Crippen molar-refractivity contribution in [3.8, 4) is 0 Å². The second-order valence-electron chi connectivity index (χ2n) is 31.6. The summed E-state index contributed by atoms with van der Waals surface area (Å²) in [6, 6.07) is -0.351. The van der Waals surface area contributed by atoms with Crippen LogP contribution >= 0.6 is 11.6 Å². The summed E-state index contributed by atoms with van der Waals surface area (Å²) in [7, 11) is 9.73. The highest BCUT2D eigenvalue weighted by molar-refractivity contribution is 6.31. The van der Waals surface area contributed by atoms with E-state index < -0.39 is 181 Å². The molecule has 0 bridgehead atoms. The lowest BCUT2D eigenvalue weighted by atomic mass is 9.84. The molecule has 3 heterocycles. The number of halogens is 5. The van der Waals surface area contributed by atoms with E-state index in [4.69, 9.17) is 16.3 Å². The summed E-state index contributed by atoms with van der Waals surface area (Å²) >= 11 is 6.58. The molecule has 108 heavy (non-hydrogen) atoms. The van der Waals surface area contributed by atoms with Crippen LogP contribution in [0.25, 0.3) is 0 Å². The monoisotopic (exact) mass is 1540 g/mol. The standard InChI is InChI=1S/C78H115ClF4N12O13/c1-14-50(6)68-75(106)89(9)45-66(98)87(7)46-67(99)91(11)62(40-51-25-17-15-18-26-51)72(103)88(8)44-64(96)84-58(32-30-52-29-31-55(57(80)39-52)78(81,82)83)71(102)95-43-54(108-47-53-27-19-20-28-56(53)79)41-60(95)70(101)86-77(33-21-22-34-77)76(107)93(13)61(38-49(4)5)73(104)92(12)63(74(105)94-35-23-16-24-36-94)42-65(97)90(10)59(37-48(2)3)69(100)85-68/h19-20,27-29,31,39,48-51,54,58-63,68H,14-18,21-26,30,32-38,40-47H2,1-13H3,(H,84,96)(H,85,100)(H,86,101)/t50-,54-,58-,59-,60-,61-,62-,63-,68-/m0/s1. The molecule has 5 aliphatic rings. The molecule has 0 radical (unpaired) electrons. The van der Waals surface area contributed by atoms with Crippen molar-refractivity contribution in [1.82, 2.24) is 60.0 Å². The summed E-state index contributed by atoms with van der Waals surface area (Å²) in [5.74, 6) is -11.2. The van der Waals surface area contributed by atoms with Crippen LogP contribution < -0.4 is 16.0 Å². The first-order valence-electron chi connectivity index (χ1n) is 38.4. The highest BCUT2D eigenvalue weighted by Gasteiger charge is 2.52. The van der Waals surface area contributed by atoms with Crippen LogP contribution in [-0.4, -0.2) is 258 Å². The fraction of sp³-hybridized carbons (Fsp3) is 0.692. The number of carbonyl (C=O) groups excluding carboxylic acids is 12. The van der Waals surface area contributed by atoms with Gasteiger partial charge in [0.2, 0.25) is 70.9 Å². The molecule has 3 aliphatic heterocycles. The third kappa shape index (κ3) is 22.6. The number of ether oxygens (including phenoxy) is 1. The Hall–Kier alpha value is -7.95. The van der Waals surface area contributed by atoms with Gasteiger partial charge in [-0.1, -0.05) is 129 Å². The largest absolute Gasteiger partial charge is 0.419 e. The van der Waals surface area contributed by atoms with Gasteiger partial charge in [-0.25, -0.2) is 4.39 Å². The maximum absolute atomic E-state index is 15.8. The molecule has 2 aromatic rings. The topological polar surface area (TPSA) is 279 Å². The van der Waals surface area contributed by atoms with Crippen molar-refractivity contribution in [3.63, 3.8) is 0 Å². The molecule has 0 aromatic heterocycles. The number of fused-ring (bicyclic) bond motifs is 1. The molecule has 1 spiro atoms. The van der Waals surface area contributed by atoms with Gasteiger partial charge in [0.15, 0.2) is 0 Å². The van der Waals surface area contributed by atoms with Gasteiger partial charge in [-0.3, -0.25) is 57.5 Å². The fourth-order valence-corrected chi connectivity index (χ4v) is 15.7. The van der Waals surface area contributed by atoms with Crippen LogP contribution in [0.15, 0.2) is 42.5 Å². The van der Waals surface area contributed by atoms with Gasteiger partial charge in [0.05, 0.1) is 44.3 Å². The molecule has 0 unspecified atom stereocenters. The van der Waals surface area contributed by atoms with Crippen LogP contribution in [0.3, 0.4) is 0 Å². The Morgan fingerprint density at radius 2 is 1.25 bits per heavy atom. The van der Waals surface area contributed by atoms with E-state index in [0.29, 0.717) is 67.9 Å². The molecule has 25 nitrogen and oxygen atoms in total. The van der Waals surface area contributed by atoms with E-state index >= 15 is 33.2 Å². The van der Waals surface area contributed by atoms with Crippen molar-refractivity contribution in [2.45, 2.75) is 237 Å². The molecule has 3 saturated heterocycles. The number of likely N-dealkylation sites (tertiary alicyclic amines) is 1. The number of rotatable bonds is 15. The number of nitrogens with one attached hydrogen (secondary N) is 3. The van der Waals surface area contributed by atoms with Gasteiger partial charge in [0, 0.05) is 80.4 Å². The van der Waals surface area contributed by atoms with Crippen molar-refractivity contribution in [2.24, 2.45) is 23.7 Å². The summed E-state index contributed by atoms with van der Waals surface area (Å²) in [5, 5.41) is 9.02. The minimum atomic E-state index is -5.04. The first-order chi connectivity index (χ1) is 50.9. The van der Waals surface area contributed by atoms with Gasteiger partial charge in [0.1, 0.15) is 53.6 Å². The number of aryl methyl sites for hydroxylation is 1. The highest BCUT2D eigenvalue weighted by atomic mass is 35.5. The molecule has 7 rings (SSSR count). The van der Waals surface area contributed by atoms with Crippen LogP contribution in [-0.2, 0) is 81.5 Å². The highest BCUT2D eigenvalue weighted by Crippen LogP contribution is 2.37. The van der Waals surface area contributed by atoms with E-state index in [0.717, 1.165) is 59.3 Å². The number of hydrogen-bond acceptors (Lipinski definition) is 13. The van der Waals surface area contributed by atoms with Crippen LogP contribution in [0.1, 0.15) is 180 Å². The lowest BCUT2D eigenvalue weighted by Gasteiger charge is -2.41. The molecule has 3 N–H and O–H groups in total. The Bertz CT molecular complexity index is 3530. The van der Waals surface area contributed by atoms with Crippen LogP contribution in [0, 0.1) is 29.5 Å². The van der Waals surface area contributed by atoms with E-state index in [1.165, 1.54) is 73.8 Å². The number of piperidine rings is 1. The zero-order valence-corrected chi connectivity index (χ0v) is 66.0. The van der Waals surface area contributed by atoms with Crippen molar-refractivity contribution >= 4 is 82.5 Å². The molecule has 2 aromatic carbocycles. The van der Waals surface area contributed by atoms with E-state index in [9.17, 15) is 41.9 Å². The predicted octanol–water partition coefficient (Wildman–Crippen LogP) is 7.22. The minimum absolute atomic E-state index is 0.0135. The van der Waals surface area contributed by atoms with E-state index in [1.54, 1.807) is 36.1 Å². The summed E-state index contributed by atoms with van der Waals surface area (Å²) in [6.07, 6.45) is 0.627. The Morgan fingerprint density at radius 1 is 0.648 bits per heavy atom. The number of alkyl halides is 3. The first-order valence-corrected chi connectivity index (χ1v) is 38.8. The van der Waals surface area contributed by atoms with E-state index in [2.05, 4.69) is 16.0 Å². The zero-order chi connectivity index (χ0) is 79.8. The molecule has 5 fully saturated rings. The molecule has 9 atom stereocenters. The van der Waals surface area contributed by atoms with Crippen LogP contribution in [0.4, 0.5) is 17.6 Å². The maximum atomic E-state index is 15.8. The minimum Gasteiger partial charge on any atom is -0.372 e. The number of hydrogen-bond donors (Lipinski definition) is 3. The average Bonchev–Trinajstić information content (AvgIpc) is 1.55. The third-order valence-electron chi connectivity index (χ3n) is 22.5. The van der Waals surface area contributed by atoms with Crippen molar-refractivity contribution in [2.75, 3.05) is 88.6 Å². The second-order valence-corrected chi connectivity index (χ2v) is 32.0. The number of likely N-dealkylation sites (N-methyl/N-ethyl adjacent to an activating group) is 7. The van der Waals surface area contributed by atoms with Gasteiger partial charge in [-0.15, -0.1) is 0 Å². The summed E-state index contributed by atoms with van der Waals surface area (Å²) < 4.78 is 63.3. The molecule has 600 valence electrons. The predicted molar refractivity (Wildman–Crippen MR) is 397 cm³/mol. The van der Waals surface area contributed by atoms with Gasteiger partial charge < -0.3 is 64.8 Å². The Labute approximate surface area is 638 Å². The Morgan fingerprint density at radius 3 is 1.86 bits per heavy atom. The van der Waals surface area contributed by atoms with Crippen LogP contribution in [0.2, 0.25) is 5.02 Å². The van der Waals surface area contributed by atoms with Gasteiger partial charge in [-0.05, 0) is 117 Å². The van der Waals surface area contributed by atoms with Gasteiger partial charge >= 0.3 is 6.18 Å².